The molecule has 0 spiro atoms. The fourth-order valence-corrected chi connectivity index (χ4v) is 4.49. The first kappa shape index (κ1) is 22.0. The van der Waals surface area contributed by atoms with Crippen molar-refractivity contribution in [3.8, 4) is 5.75 Å². The molecule has 0 fully saturated rings. The van der Waals surface area contributed by atoms with Crippen LogP contribution in [-0.4, -0.2) is 21.6 Å². The van der Waals surface area contributed by atoms with Gasteiger partial charge in [0.1, 0.15) is 5.75 Å². The minimum absolute atomic E-state index is 0.115. The van der Waals surface area contributed by atoms with Gasteiger partial charge in [-0.3, -0.25) is 4.79 Å². The second-order valence-corrected chi connectivity index (χ2v) is 8.96. The molecule has 0 radical (unpaired) electrons. The van der Waals surface area contributed by atoms with Gasteiger partial charge in [-0.1, -0.05) is 18.2 Å². The highest BCUT2D eigenvalue weighted by atomic mass is 32.1. The highest BCUT2D eigenvalue weighted by Crippen LogP contribution is 2.21. The number of nitrogens with zero attached hydrogens (tertiary/aromatic N) is 1. The molecule has 2 heterocycles. The van der Waals surface area contributed by atoms with Crippen molar-refractivity contribution in [2.24, 2.45) is 0 Å². The van der Waals surface area contributed by atoms with Crippen LogP contribution < -0.4 is 15.6 Å². The lowest BCUT2D eigenvalue weighted by Crippen LogP contribution is -2.35. The van der Waals surface area contributed by atoms with Crippen LogP contribution in [0.15, 0.2) is 70.8 Å². The monoisotopic (exact) mass is 463 g/mol. The number of hydrogen-bond acceptors (Lipinski definition) is 4. The predicted octanol–water partition coefficient (Wildman–Crippen LogP) is 5.70. The number of thiophene rings is 1. The Labute approximate surface area is 196 Å². The molecule has 2 N–H and O–H groups in total. The van der Waals surface area contributed by atoms with Gasteiger partial charge in [-0.05, 0) is 79.5 Å². The van der Waals surface area contributed by atoms with Crippen LogP contribution >= 0.6 is 23.6 Å². The molecule has 0 aliphatic rings. The Morgan fingerprint density at radius 3 is 2.75 bits per heavy atom. The Bertz CT molecular complexity index is 1280. The summed E-state index contributed by atoms with van der Waals surface area (Å²) in [7, 11) is 0. The van der Waals surface area contributed by atoms with Crippen molar-refractivity contribution in [3.63, 3.8) is 0 Å². The Morgan fingerprint density at radius 2 is 2.00 bits per heavy atom. The number of aryl methyl sites for hydroxylation is 1. The summed E-state index contributed by atoms with van der Waals surface area (Å²) in [5, 5.41) is 6.88. The van der Waals surface area contributed by atoms with E-state index < -0.39 is 0 Å². The number of hydrogen-bond donors (Lipinski definition) is 2. The normalized spacial score (nSPS) is 10.8. The van der Waals surface area contributed by atoms with Gasteiger partial charge in [0.15, 0.2) is 5.11 Å². The Balaban J connectivity index is 1.63. The number of aromatic amines is 1. The van der Waals surface area contributed by atoms with Gasteiger partial charge in [0.05, 0.1) is 19.7 Å². The SMILES string of the molecule is CCOc1ccc2[nH]c(=O)c(CN(Cc3cccs3)C(=S)Nc3cccc(C)c3)cc2c1. The van der Waals surface area contributed by atoms with Gasteiger partial charge in [0.2, 0.25) is 0 Å². The second-order valence-electron chi connectivity index (χ2n) is 7.54. The summed E-state index contributed by atoms with van der Waals surface area (Å²) in [6, 6.07) is 19.8. The maximum Gasteiger partial charge on any atom is 0.253 e. The van der Waals surface area contributed by atoms with Crippen LogP contribution in [0.3, 0.4) is 0 Å². The minimum atomic E-state index is -0.115. The molecule has 0 atom stereocenters. The second kappa shape index (κ2) is 9.97. The van der Waals surface area contributed by atoms with Gasteiger partial charge in [-0.2, -0.15) is 0 Å². The van der Waals surface area contributed by atoms with Crippen LogP contribution in [0.4, 0.5) is 5.69 Å². The summed E-state index contributed by atoms with van der Waals surface area (Å²) in [6.07, 6.45) is 0. The molecule has 164 valence electrons. The smallest absolute Gasteiger partial charge is 0.253 e. The van der Waals surface area contributed by atoms with Crippen LogP contribution in [0.2, 0.25) is 0 Å². The van der Waals surface area contributed by atoms with Crippen molar-refractivity contribution in [1.82, 2.24) is 9.88 Å². The van der Waals surface area contributed by atoms with E-state index in [0.717, 1.165) is 27.9 Å². The number of pyridine rings is 1. The van der Waals surface area contributed by atoms with Crippen LogP contribution in [0, 0.1) is 6.92 Å². The molecule has 0 unspecified atom stereocenters. The molecule has 0 aliphatic heterocycles. The number of fused-ring (bicyclic) bond motifs is 1. The van der Waals surface area contributed by atoms with E-state index in [0.29, 0.717) is 30.4 Å². The summed E-state index contributed by atoms with van der Waals surface area (Å²) in [5.74, 6) is 0.782. The Hall–Kier alpha value is -3.16. The lowest BCUT2D eigenvalue weighted by molar-refractivity contribution is 0.340. The Morgan fingerprint density at radius 1 is 1.12 bits per heavy atom. The molecular formula is C25H25N3O2S2. The van der Waals surface area contributed by atoms with Crippen molar-refractivity contribution >= 4 is 45.3 Å². The molecule has 7 heteroatoms. The molecule has 2 aromatic heterocycles. The number of ether oxygens (including phenoxy) is 1. The van der Waals surface area contributed by atoms with Crippen molar-refractivity contribution in [2.45, 2.75) is 26.9 Å². The number of thiocarbonyl (C=S) groups is 1. The van der Waals surface area contributed by atoms with E-state index in [1.807, 2.05) is 78.7 Å². The number of nitrogens with one attached hydrogen (secondary N) is 2. The fraction of sp³-hybridized carbons (Fsp3) is 0.200. The van der Waals surface area contributed by atoms with Gasteiger partial charge in [-0.15, -0.1) is 11.3 Å². The van der Waals surface area contributed by atoms with Gasteiger partial charge in [-0.25, -0.2) is 0 Å². The largest absolute Gasteiger partial charge is 0.494 e. The summed E-state index contributed by atoms with van der Waals surface area (Å²) in [5.41, 5.74) is 3.40. The van der Waals surface area contributed by atoms with Gasteiger partial charge in [0.25, 0.3) is 5.56 Å². The average molecular weight is 464 g/mol. The predicted molar refractivity (Wildman–Crippen MR) is 137 cm³/mol. The van der Waals surface area contributed by atoms with Crippen molar-refractivity contribution in [2.75, 3.05) is 11.9 Å². The highest BCUT2D eigenvalue weighted by Gasteiger charge is 2.15. The minimum Gasteiger partial charge on any atom is -0.494 e. The maximum absolute atomic E-state index is 12.8. The van der Waals surface area contributed by atoms with Gasteiger partial charge < -0.3 is 19.9 Å². The quantitative estimate of drug-likeness (QED) is 0.345. The third-order valence-electron chi connectivity index (χ3n) is 5.05. The van der Waals surface area contributed by atoms with E-state index in [4.69, 9.17) is 17.0 Å². The molecule has 0 bridgehead atoms. The zero-order chi connectivity index (χ0) is 22.5. The molecule has 32 heavy (non-hydrogen) atoms. The zero-order valence-electron chi connectivity index (χ0n) is 18.1. The fourth-order valence-electron chi connectivity index (χ4n) is 3.52. The summed E-state index contributed by atoms with van der Waals surface area (Å²) < 4.78 is 5.62. The first-order valence-corrected chi connectivity index (χ1v) is 11.7. The molecule has 2 aromatic carbocycles. The van der Waals surface area contributed by atoms with Crippen molar-refractivity contribution < 1.29 is 4.74 Å². The van der Waals surface area contributed by atoms with E-state index in [2.05, 4.69) is 16.4 Å². The van der Waals surface area contributed by atoms with Crippen LogP contribution in [-0.2, 0) is 13.1 Å². The topological polar surface area (TPSA) is 57.4 Å². The lowest BCUT2D eigenvalue weighted by Gasteiger charge is -2.25. The van der Waals surface area contributed by atoms with Crippen LogP contribution in [0.5, 0.6) is 5.75 Å². The first-order valence-electron chi connectivity index (χ1n) is 10.5. The molecular weight excluding hydrogens is 438 g/mol. The molecule has 5 nitrogen and oxygen atoms in total. The third kappa shape index (κ3) is 5.36. The zero-order valence-corrected chi connectivity index (χ0v) is 19.7. The number of H-pyrrole nitrogens is 1. The van der Waals surface area contributed by atoms with E-state index >= 15 is 0 Å². The molecule has 0 aliphatic carbocycles. The van der Waals surface area contributed by atoms with Crippen LogP contribution in [0.25, 0.3) is 10.9 Å². The first-order chi connectivity index (χ1) is 15.5. The highest BCUT2D eigenvalue weighted by molar-refractivity contribution is 7.80. The average Bonchev–Trinajstić information content (AvgIpc) is 3.27. The van der Waals surface area contributed by atoms with Crippen molar-refractivity contribution in [3.05, 3.63) is 92.4 Å². The van der Waals surface area contributed by atoms with E-state index in [1.54, 1.807) is 11.3 Å². The molecule has 0 saturated carbocycles. The van der Waals surface area contributed by atoms with E-state index in [9.17, 15) is 4.79 Å². The van der Waals surface area contributed by atoms with Gasteiger partial charge in [0, 0.05) is 27.0 Å². The van der Waals surface area contributed by atoms with Gasteiger partial charge >= 0.3 is 0 Å². The molecule has 0 amide bonds. The molecule has 0 saturated heterocycles. The molecule has 4 rings (SSSR count). The number of anilines is 1. The maximum atomic E-state index is 12.8. The summed E-state index contributed by atoms with van der Waals surface area (Å²) >= 11 is 7.43. The lowest BCUT2D eigenvalue weighted by atomic mass is 10.1. The Kier molecular flexibility index (Phi) is 6.87. The third-order valence-corrected chi connectivity index (χ3v) is 6.27. The standard InChI is InChI=1S/C25H25N3O2S2/c1-3-30-21-9-10-23-18(14-21)13-19(24(29)27-23)15-28(16-22-8-5-11-32-22)25(31)26-20-7-4-6-17(2)12-20/h4-14H,3,15-16H2,1-2H3,(H,26,31)(H,27,29). The molecule has 4 aromatic rings. The number of benzene rings is 2. The number of aromatic nitrogens is 1. The van der Waals surface area contributed by atoms with E-state index in [-0.39, 0.29) is 5.56 Å². The summed E-state index contributed by atoms with van der Waals surface area (Å²) in [6.45, 7) is 5.59. The number of rotatable bonds is 7. The van der Waals surface area contributed by atoms with Crippen molar-refractivity contribution in [1.29, 1.82) is 0 Å². The van der Waals surface area contributed by atoms with E-state index in [1.165, 1.54) is 4.88 Å². The van der Waals surface area contributed by atoms with Crippen LogP contribution in [0.1, 0.15) is 22.9 Å². The summed E-state index contributed by atoms with van der Waals surface area (Å²) in [4.78, 5) is 19.0.